The molecule has 0 bridgehead atoms. The topological polar surface area (TPSA) is 64.4 Å². The number of ether oxygens (including phenoxy) is 1. The molecule has 2 aromatic carbocycles. The van der Waals surface area contributed by atoms with Crippen LogP contribution < -0.4 is 10.1 Å². The van der Waals surface area contributed by atoms with Crippen molar-refractivity contribution in [2.45, 2.75) is 18.3 Å². The molecule has 1 N–H and O–H groups in total. The van der Waals surface area contributed by atoms with Gasteiger partial charge in [-0.1, -0.05) is 47.1 Å². The van der Waals surface area contributed by atoms with E-state index in [1.165, 1.54) is 0 Å². The van der Waals surface area contributed by atoms with Crippen molar-refractivity contribution in [1.82, 2.24) is 5.16 Å². The fourth-order valence-corrected chi connectivity index (χ4v) is 3.22. The molecule has 1 heterocycles. The number of carbonyl (C=O) groups excluding carboxylic acids is 1. The smallest absolute Gasteiger partial charge is 0.236 e. The van der Waals surface area contributed by atoms with Gasteiger partial charge in [0.05, 0.1) is 23.2 Å². The monoisotopic (exact) mass is 368 g/mol. The van der Waals surface area contributed by atoms with Crippen LogP contribution in [0.5, 0.6) is 5.75 Å². The number of aromatic nitrogens is 1. The Kier molecular flexibility index (Phi) is 4.17. The first-order valence-corrected chi connectivity index (χ1v) is 8.68. The number of nitrogens with one attached hydrogen (secondary N) is 1. The predicted molar refractivity (Wildman–Crippen MR) is 99.5 cm³/mol. The number of rotatable bonds is 5. The lowest BCUT2D eigenvalue weighted by molar-refractivity contribution is -0.118. The number of nitrogens with zero attached hydrogens (tertiary/aromatic N) is 1. The van der Waals surface area contributed by atoms with Crippen molar-refractivity contribution < 1.29 is 14.1 Å². The second kappa shape index (κ2) is 6.50. The quantitative estimate of drug-likeness (QED) is 0.710. The highest BCUT2D eigenvalue weighted by atomic mass is 35.5. The molecule has 0 atom stereocenters. The minimum absolute atomic E-state index is 0.105. The molecule has 1 amide bonds. The van der Waals surface area contributed by atoms with Gasteiger partial charge in [0, 0.05) is 17.3 Å². The van der Waals surface area contributed by atoms with Gasteiger partial charge in [0.15, 0.2) is 5.76 Å². The molecule has 1 aromatic heterocycles. The van der Waals surface area contributed by atoms with Crippen molar-refractivity contribution in [3.05, 3.63) is 65.3 Å². The molecule has 26 heavy (non-hydrogen) atoms. The van der Waals surface area contributed by atoms with Crippen LogP contribution in [0.15, 0.2) is 59.1 Å². The summed E-state index contributed by atoms with van der Waals surface area (Å²) in [6.07, 6.45) is 1.48. The van der Waals surface area contributed by atoms with Gasteiger partial charge in [0.1, 0.15) is 5.75 Å². The van der Waals surface area contributed by atoms with E-state index >= 15 is 0 Å². The highest BCUT2D eigenvalue weighted by Crippen LogP contribution is 2.49. The molecule has 0 unspecified atom stereocenters. The minimum atomic E-state index is -0.636. The van der Waals surface area contributed by atoms with Gasteiger partial charge < -0.3 is 14.6 Å². The summed E-state index contributed by atoms with van der Waals surface area (Å²) < 4.78 is 10.6. The van der Waals surface area contributed by atoms with Crippen LogP contribution >= 0.6 is 11.6 Å². The number of halogens is 1. The van der Waals surface area contributed by atoms with E-state index in [-0.39, 0.29) is 5.91 Å². The Morgan fingerprint density at radius 2 is 1.96 bits per heavy atom. The van der Waals surface area contributed by atoms with E-state index < -0.39 is 5.41 Å². The predicted octanol–water partition coefficient (Wildman–Crippen LogP) is 4.67. The highest BCUT2D eigenvalue weighted by molar-refractivity contribution is 6.32. The van der Waals surface area contributed by atoms with Crippen molar-refractivity contribution in [3.8, 4) is 17.1 Å². The molecule has 4 rings (SSSR count). The van der Waals surface area contributed by atoms with E-state index in [2.05, 4.69) is 10.5 Å². The summed E-state index contributed by atoms with van der Waals surface area (Å²) in [5.74, 6) is 1.12. The van der Waals surface area contributed by atoms with Gasteiger partial charge in [-0.2, -0.15) is 0 Å². The third kappa shape index (κ3) is 2.95. The summed E-state index contributed by atoms with van der Waals surface area (Å²) in [7, 11) is 1.55. The van der Waals surface area contributed by atoms with Gasteiger partial charge in [-0.25, -0.2) is 0 Å². The number of hydrogen-bond donors (Lipinski definition) is 1. The Morgan fingerprint density at radius 3 is 2.62 bits per heavy atom. The summed E-state index contributed by atoms with van der Waals surface area (Å²) in [5.41, 5.74) is 1.58. The Labute approximate surface area is 155 Å². The third-order valence-electron chi connectivity index (χ3n) is 4.65. The van der Waals surface area contributed by atoms with E-state index in [4.69, 9.17) is 20.9 Å². The van der Waals surface area contributed by atoms with Gasteiger partial charge in [0.2, 0.25) is 5.91 Å². The van der Waals surface area contributed by atoms with Crippen LogP contribution in [0.25, 0.3) is 11.3 Å². The number of amides is 1. The van der Waals surface area contributed by atoms with Crippen LogP contribution in [-0.4, -0.2) is 18.2 Å². The molecule has 1 aliphatic rings. The van der Waals surface area contributed by atoms with Gasteiger partial charge in [-0.05, 0) is 31.0 Å². The lowest BCUT2D eigenvalue weighted by atomic mass is 10.00. The van der Waals surface area contributed by atoms with Crippen molar-refractivity contribution in [1.29, 1.82) is 0 Å². The number of anilines is 1. The van der Waals surface area contributed by atoms with E-state index in [0.29, 0.717) is 27.9 Å². The van der Waals surface area contributed by atoms with Crippen molar-refractivity contribution in [2.75, 3.05) is 12.4 Å². The molecule has 0 saturated heterocycles. The lowest BCUT2D eigenvalue weighted by Crippen LogP contribution is -2.28. The van der Waals surface area contributed by atoms with Gasteiger partial charge in [0.25, 0.3) is 0 Å². The summed E-state index contributed by atoms with van der Waals surface area (Å²) in [4.78, 5) is 12.8. The summed E-state index contributed by atoms with van der Waals surface area (Å²) in [6, 6.07) is 16.7. The largest absolute Gasteiger partial charge is 0.495 e. The van der Waals surface area contributed by atoms with Gasteiger partial charge >= 0.3 is 0 Å². The maximum atomic E-state index is 12.8. The second-order valence-electron chi connectivity index (χ2n) is 6.33. The van der Waals surface area contributed by atoms with Crippen molar-refractivity contribution in [2.24, 2.45) is 0 Å². The zero-order valence-electron chi connectivity index (χ0n) is 14.2. The number of hydrogen-bond acceptors (Lipinski definition) is 4. The lowest BCUT2D eigenvalue weighted by Gasteiger charge is -2.13. The molecular weight excluding hydrogens is 352 g/mol. The average molecular weight is 369 g/mol. The first-order chi connectivity index (χ1) is 12.6. The summed E-state index contributed by atoms with van der Waals surface area (Å²) in [6.45, 7) is 0. The zero-order chi connectivity index (χ0) is 18.1. The Hall–Kier alpha value is -2.79. The highest BCUT2D eigenvalue weighted by Gasteiger charge is 2.53. The van der Waals surface area contributed by atoms with Crippen LogP contribution in [-0.2, 0) is 10.2 Å². The molecule has 6 heteroatoms. The molecule has 1 saturated carbocycles. The summed E-state index contributed by atoms with van der Waals surface area (Å²) >= 11 is 6.13. The number of methoxy groups -OCH3 is 1. The van der Waals surface area contributed by atoms with E-state index in [9.17, 15) is 4.79 Å². The Bertz CT molecular complexity index is 949. The molecule has 0 aliphatic heterocycles. The molecule has 132 valence electrons. The first-order valence-electron chi connectivity index (χ1n) is 8.30. The molecule has 0 spiro atoms. The normalized spacial score (nSPS) is 14.7. The molecule has 1 aliphatic carbocycles. The van der Waals surface area contributed by atoms with Crippen LogP contribution in [0, 0.1) is 0 Å². The maximum Gasteiger partial charge on any atom is 0.236 e. The average Bonchev–Trinajstić information content (AvgIpc) is 3.33. The third-order valence-corrected chi connectivity index (χ3v) is 4.95. The Balaban J connectivity index is 1.55. The molecule has 0 radical (unpaired) electrons. The van der Waals surface area contributed by atoms with E-state index in [0.717, 1.165) is 18.4 Å². The van der Waals surface area contributed by atoms with Crippen LogP contribution in [0.2, 0.25) is 5.02 Å². The first kappa shape index (κ1) is 16.7. The second-order valence-corrected chi connectivity index (χ2v) is 6.74. The van der Waals surface area contributed by atoms with E-state index in [1.807, 2.05) is 36.4 Å². The van der Waals surface area contributed by atoms with E-state index in [1.54, 1.807) is 25.3 Å². The number of benzene rings is 2. The van der Waals surface area contributed by atoms with Crippen LogP contribution in [0.4, 0.5) is 5.69 Å². The minimum Gasteiger partial charge on any atom is -0.495 e. The zero-order valence-corrected chi connectivity index (χ0v) is 14.9. The molecular formula is C20H17ClN2O3. The Morgan fingerprint density at radius 1 is 1.19 bits per heavy atom. The van der Waals surface area contributed by atoms with Crippen molar-refractivity contribution in [3.63, 3.8) is 0 Å². The van der Waals surface area contributed by atoms with Gasteiger partial charge in [-0.15, -0.1) is 0 Å². The summed E-state index contributed by atoms with van der Waals surface area (Å²) in [5, 5.41) is 7.52. The fraction of sp³-hybridized carbons (Fsp3) is 0.200. The van der Waals surface area contributed by atoms with Crippen LogP contribution in [0.1, 0.15) is 18.5 Å². The SMILES string of the molecule is COc1ccc(NC(=O)C2(c3cc(-c4ccccc4)on3)CC2)cc1Cl. The van der Waals surface area contributed by atoms with Crippen molar-refractivity contribution >= 4 is 23.2 Å². The standard InChI is InChI=1S/C20H17ClN2O3/c1-25-16-8-7-14(11-15(16)21)22-19(24)20(9-10-20)18-12-17(26-23-18)13-5-3-2-4-6-13/h2-8,11-12H,9-10H2,1H3,(H,22,24). The molecule has 5 nitrogen and oxygen atoms in total. The molecule has 3 aromatic rings. The van der Waals surface area contributed by atoms with Gasteiger partial charge in [-0.3, -0.25) is 4.79 Å². The molecule has 1 fully saturated rings. The fourth-order valence-electron chi connectivity index (χ4n) is 2.96. The maximum absolute atomic E-state index is 12.8. The number of carbonyl (C=O) groups is 1. The van der Waals surface area contributed by atoms with Crippen LogP contribution in [0.3, 0.4) is 0 Å².